The van der Waals surface area contributed by atoms with Crippen LogP contribution in [0.2, 0.25) is 0 Å². The smallest absolute Gasteiger partial charge is 0.243 e. The van der Waals surface area contributed by atoms with E-state index in [0.29, 0.717) is 32.5 Å². The molecular formula is C17H23FN2O4S. The lowest BCUT2D eigenvalue weighted by atomic mass is 10.1. The highest BCUT2D eigenvalue weighted by molar-refractivity contribution is 7.89. The second-order valence-electron chi connectivity index (χ2n) is 6.73. The molecule has 0 N–H and O–H groups in total. The van der Waals surface area contributed by atoms with Crippen molar-refractivity contribution >= 4 is 15.9 Å². The number of morpholine rings is 1. The maximum absolute atomic E-state index is 13.1. The second-order valence-corrected chi connectivity index (χ2v) is 8.62. The summed E-state index contributed by atoms with van der Waals surface area (Å²) in [5, 5.41) is 0. The van der Waals surface area contributed by atoms with Crippen molar-refractivity contribution in [1.29, 1.82) is 0 Å². The quantitative estimate of drug-likeness (QED) is 0.811. The van der Waals surface area contributed by atoms with E-state index in [-0.39, 0.29) is 23.0 Å². The summed E-state index contributed by atoms with van der Waals surface area (Å²) in [5.41, 5.74) is 0. The van der Waals surface area contributed by atoms with Gasteiger partial charge >= 0.3 is 0 Å². The van der Waals surface area contributed by atoms with Crippen LogP contribution in [-0.2, 0) is 19.6 Å². The van der Waals surface area contributed by atoms with E-state index in [0.717, 1.165) is 12.1 Å². The molecule has 6 nitrogen and oxygen atoms in total. The number of nitrogens with zero attached hydrogens (tertiary/aromatic N) is 2. The number of hydrogen-bond acceptors (Lipinski definition) is 4. The highest BCUT2D eigenvalue weighted by atomic mass is 32.2. The molecule has 0 aromatic heterocycles. The van der Waals surface area contributed by atoms with Gasteiger partial charge in [0.15, 0.2) is 0 Å². The molecule has 3 rings (SSSR count). The average Bonchev–Trinajstić information content (AvgIpc) is 3.04. The molecule has 2 aliphatic heterocycles. The van der Waals surface area contributed by atoms with E-state index in [9.17, 15) is 17.6 Å². The predicted molar refractivity (Wildman–Crippen MR) is 89.9 cm³/mol. The first-order chi connectivity index (χ1) is 11.8. The minimum absolute atomic E-state index is 0.0114. The van der Waals surface area contributed by atoms with E-state index < -0.39 is 21.9 Å². The fourth-order valence-electron chi connectivity index (χ4n) is 3.59. The highest BCUT2D eigenvalue weighted by Gasteiger charge is 2.42. The topological polar surface area (TPSA) is 66.9 Å². The van der Waals surface area contributed by atoms with Crippen LogP contribution < -0.4 is 0 Å². The molecule has 2 fully saturated rings. The van der Waals surface area contributed by atoms with Crippen LogP contribution >= 0.6 is 0 Å². The monoisotopic (exact) mass is 370 g/mol. The molecule has 3 unspecified atom stereocenters. The minimum atomic E-state index is -3.83. The fraction of sp³-hybridized carbons (Fsp3) is 0.588. The number of hydrogen-bond donors (Lipinski definition) is 0. The van der Waals surface area contributed by atoms with Gasteiger partial charge in [0.05, 0.1) is 17.1 Å². The van der Waals surface area contributed by atoms with E-state index in [2.05, 4.69) is 0 Å². The zero-order chi connectivity index (χ0) is 18.2. The maximum atomic E-state index is 13.1. The van der Waals surface area contributed by atoms with Crippen LogP contribution in [0.4, 0.5) is 4.39 Å². The van der Waals surface area contributed by atoms with Crippen molar-refractivity contribution in [2.24, 2.45) is 0 Å². The van der Waals surface area contributed by atoms with Crippen molar-refractivity contribution in [3.63, 3.8) is 0 Å². The first kappa shape index (κ1) is 18.3. The third kappa shape index (κ3) is 3.70. The predicted octanol–water partition coefficient (Wildman–Crippen LogP) is 1.61. The SMILES string of the molecule is CC1CN(C(=O)C2CCCN2S(=O)(=O)c2ccc(F)cc2)CC(C)O1. The Morgan fingerprint density at radius 3 is 2.36 bits per heavy atom. The summed E-state index contributed by atoms with van der Waals surface area (Å²) in [6, 6.07) is 4.01. The number of ether oxygens (including phenoxy) is 1. The lowest BCUT2D eigenvalue weighted by Gasteiger charge is -2.37. The summed E-state index contributed by atoms with van der Waals surface area (Å²) < 4.78 is 45.8. The molecule has 3 atom stereocenters. The summed E-state index contributed by atoms with van der Waals surface area (Å²) in [6.07, 6.45) is 0.985. The van der Waals surface area contributed by atoms with Crippen LogP contribution in [-0.4, -0.2) is 61.4 Å². The molecule has 138 valence electrons. The van der Waals surface area contributed by atoms with Crippen molar-refractivity contribution in [2.45, 2.75) is 49.8 Å². The first-order valence-corrected chi connectivity index (χ1v) is 9.94. The summed E-state index contributed by atoms with van der Waals surface area (Å²) in [6.45, 7) is 5.02. The molecular weight excluding hydrogens is 347 g/mol. The molecule has 0 bridgehead atoms. The van der Waals surface area contributed by atoms with Gasteiger partial charge in [-0.1, -0.05) is 0 Å². The van der Waals surface area contributed by atoms with Crippen LogP contribution in [0.5, 0.6) is 0 Å². The van der Waals surface area contributed by atoms with E-state index in [4.69, 9.17) is 4.74 Å². The molecule has 0 radical (unpaired) electrons. The number of benzene rings is 1. The normalized spacial score (nSPS) is 28.3. The molecule has 2 saturated heterocycles. The molecule has 1 aromatic carbocycles. The first-order valence-electron chi connectivity index (χ1n) is 8.50. The van der Waals surface area contributed by atoms with Crippen molar-refractivity contribution in [3.05, 3.63) is 30.1 Å². The third-order valence-corrected chi connectivity index (χ3v) is 6.56. The summed E-state index contributed by atoms with van der Waals surface area (Å²) >= 11 is 0. The summed E-state index contributed by atoms with van der Waals surface area (Å²) in [7, 11) is -3.83. The van der Waals surface area contributed by atoms with Gasteiger partial charge in [0.25, 0.3) is 0 Å². The van der Waals surface area contributed by atoms with Crippen molar-refractivity contribution in [1.82, 2.24) is 9.21 Å². The molecule has 25 heavy (non-hydrogen) atoms. The highest BCUT2D eigenvalue weighted by Crippen LogP contribution is 2.28. The van der Waals surface area contributed by atoms with E-state index in [1.807, 2.05) is 13.8 Å². The van der Waals surface area contributed by atoms with Gasteiger partial charge in [0, 0.05) is 19.6 Å². The molecule has 8 heteroatoms. The molecule has 1 aromatic rings. The zero-order valence-corrected chi connectivity index (χ0v) is 15.2. The van der Waals surface area contributed by atoms with Gasteiger partial charge in [0.1, 0.15) is 11.9 Å². The van der Waals surface area contributed by atoms with Gasteiger partial charge < -0.3 is 9.64 Å². The van der Waals surface area contributed by atoms with Crippen molar-refractivity contribution < 1.29 is 22.3 Å². The summed E-state index contributed by atoms with van der Waals surface area (Å²) in [5.74, 6) is -0.672. The maximum Gasteiger partial charge on any atom is 0.243 e. The van der Waals surface area contributed by atoms with Crippen LogP contribution in [0.1, 0.15) is 26.7 Å². The van der Waals surface area contributed by atoms with Crippen molar-refractivity contribution in [3.8, 4) is 0 Å². The molecule has 0 aliphatic carbocycles. The lowest BCUT2D eigenvalue weighted by Crippen LogP contribution is -2.54. The molecule has 1 amide bonds. The standard InChI is InChI=1S/C17H23FN2O4S/c1-12-10-19(11-13(2)24-12)17(21)16-4-3-9-20(16)25(22,23)15-7-5-14(18)6-8-15/h5-8,12-13,16H,3-4,9-11H2,1-2H3. The Hall–Kier alpha value is -1.51. The van der Waals surface area contributed by atoms with E-state index in [1.165, 1.54) is 16.4 Å². The Balaban J connectivity index is 1.82. The van der Waals surface area contributed by atoms with Crippen LogP contribution in [0.25, 0.3) is 0 Å². The van der Waals surface area contributed by atoms with Crippen LogP contribution in [0.3, 0.4) is 0 Å². The second kappa shape index (κ2) is 7.01. The Labute approximate surface area is 147 Å². The Kier molecular flexibility index (Phi) is 5.13. The Bertz CT molecular complexity index is 728. The zero-order valence-electron chi connectivity index (χ0n) is 14.4. The lowest BCUT2D eigenvalue weighted by molar-refractivity contribution is -0.146. The van der Waals surface area contributed by atoms with Gasteiger partial charge in [-0.2, -0.15) is 4.31 Å². The number of sulfonamides is 1. The van der Waals surface area contributed by atoms with Gasteiger partial charge in [-0.05, 0) is 51.0 Å². The summed E-state index contributed by atoms with van der Waals surface area (Å²) in [4.78, 5) is 14.6. The van der Waals surface area contributed by atoms with Crippen LogP contribution in [0, 0.1) is 5.82 Å². The number of rotatable bonds is 3. The number of carbonyl (C=O) groups excluding carboxylic acids is 1. The molecule has 2 heterocycles. The van der Waals surface area contributed by atoms with Gasteiger partial charge in [0.2, 0.25) is 15.9 Å². The van der Waals surface area contributed by atoms with Crippen molar-refractivity contribution in [2.75, 3.05) is 19.6 Å². The fourth-order valence-corrected chi connectivity index (χ4v) is 5.24. The number of amides is 1. The number of halogens is 1. The third-order valence-electron chi connectivity index (χ3n) is 4.64. The van der Waals surface area contributed by atoms with Gasteiger partial charge in [-0.3, -0.25) is 4.79 Å². The van der Waals surface area contributed by atoms with Crippen LogP contribution in [0.15, 0.2) is 29.2 Å². The largest absolute Gasteiger partial charge is 0.372 e. The molecule has 0 saturated carbocycles. The minimum Gasteiger partial charge on any atom is -0.372 e. The van der Waals surface area contributed by atoms with Gasteiger partial charge in [-0.25, -0.2) is 12.8 Å². The molecule has 2 aliphatic rings. The number of carbonyl (C=O) groups is 1. The average molecular weight is 370 g/mol. The molecule has 0 spiro atoms. The Morgan fingerprint density at radius 1 is 1.16 bits per heavy atom. The van der Waals surface area contributed by atoms with Gasteiger partial charge in [-0.15, -0.1) is 0 Å². The van der Waals surface area contributed by atoms with E-state index in [1.54, 1.807) is 4.90 Å². The van der Waals surface area contributed by atoms with E-state index >= 15 is 0 Å². The Morgan fingerprint density at radius 2 is 1.76 bits per heavy atom.